The zero-order valence-electron chi connectivity index (χ0n) is 9.19. The van der Waals surface area contributed by atoms with Gasteiger partial charge in [0.15, 0.2) is 0 Å². The van der Waals surface area contributed by atoms with E-state index in [0.717, 1.165) is 0 Å². The van der Waals surface area contributed by atoms with Crippen molar-refractivity contribution in [1.82, 2.24) is 10.6 Å². The summed E-state index contributed by atoms with van der Waals surface area (Å²) < 4.78 is 4.78. The first-order chi connectivity index (χ1) is 7.11. The number of amides is 1. The molecule has 0 rings (SSSR count). The summed E-state index contributed by atoms with van der Waals surface area (Å²) in [7, 11) is 1.56. The first-order valence-corrected chi connectivity index (χ1v) is 4.90. The van der Waals surface area contributed by atoms with Gasteiger partial charge in [-0.1, -0.05) is 0 Å². The van der Waals surface area contributed by atoms with Crippen LogP contribution in [-0.2, 0) is 9.53 Å². The molecule has 0 spiro atoms. The molecule has 2 unspecified atom stereocenters. The van der Waals surface area contributed by atoms with Gasteiger partial charge in [-0.05, 0) is 6.92 Å². The Morgan fingerprint density at radius 2 is 2.20 bits per heavy atom. The van der Waals surface area contributed by atoms with Crippen LogP contribution in [0.4, 0.5) is 0 Å². The number of aliphatic hydroxyl groups is 2. The summed E-state index contributed by atoms with van der Waals surface area (Å²) in [6.45, 7) is 2.49. The molecule has 0 aromatic rings. The van der Waals surface area contributed by atoms with Crippen LogP contribution in [0.3, 0.4) is 0 Å². The third-order valence-electron chi connectivity index (χ3n) is 1.87. The SMILES string of the molecule is COCCNC(=O)C(C)NCC(O)CO. The van der Waals surface area contributed by atoms with Gasteiger partial charge in [0.2, 0.25) is 5.91 Å². The van der Waals surface area contributed by atoms with Crippen molar-refractivity contribution in [3.63, 3.8) is 0 Å². The lowest BCUT2D eigenvalue weighted by atomic mass is 10.3. The van der Waals surface area contributed by atoms with Crippen molar-refractivity contribution in [1.29, 1.82) is 0 Å². The summed E-state index contributed by atoms with van der Waals surface area (Å²) in [6.07, 6.45) is -0.834. The van der Waals surface area contributed by atoms with Crippen LogP contribution in [0.1, 0.15) is 6.92 Å². The van der Waals surface area contributed by atoms with Gasteiger partial charge in [-0.25, -0.2) is 0 Å². The average molecular weight is 220 g/mol. The minimum atomic E-state index is -0.834. The number of methoxy groups -OCH3 is 1. The van der Waals surface area contributed by atoms with Crippen molar-refractivity contribution in [3.05, 3.63) is 0 Å². The minimum absolute atomic E-state index is 0.155. The second-order valence-electron chi connectivity index (χ2n) is 3.25. The minimum Gasteiger partial charge on any atom is -0.394 e. The second-order valence-corrected chi connectivity index (χ2v) is 3.25. The fourth-order valence-electron chi connectivity index (χ4n) is 0.899. The van der Waals surface area contributed by atoms with Gasteiger partial charge in [0, 0.05) is 20.2 Å². The average Bonchev–Trinajstić information content (AvgIpc) is 2.25. The van der Waals surface area contributed by atoms with E-state index in [9.17, 15) is 4.79 Å². The fourth-order valence-corrected chi connectivity index (χ4v) is 0.899. The van der Waals surface area contributed by atoms with Gasteiger partial charge in [0.05, 0.1) is 25.4 Å². The molecule has 6 nitrogen and oxygen atoms in total. The molecule has 1 amide bonds. The highest BCUT2D eigenvalue weighted by molar-refractivity contribution is 5.81. The Balaban J connectivity index is 3.60. The molecule has 6 heteroatoms. The van der Waals surface area contributed by atoms with E-state index in [0.29, 0.717) is 13.2 Å². The largest absolute Gasteiger partial charge is 0.394 e. The smallest absolute Gasteiger partial charge is 0.236 e. The molecule has 2 atom stereocenters. The Hall–Kier alpha value is -0.690. The summed E-state index contributed by atoms with van der Waals surface area (Å²) in [5, 5.41) is 23.0. The molecule has 0 radical (unpaired) electrons. The van der Waals surface area contributed by atoms with Crippen molar-refractivity contribution in [2.75, 3.05) is 33.4 Å². The highest BCUT2D eigenvalue weighted by atomic mass is 16.5. The van der Waals surface area contributed by atoms with Gasteiger partial charge in [0.1, 0.15) is 0 Å². The van der Waals surface area contributed by atoms with Crippen LogP contribution in [0.5, 0.6) is 0 Å². The molecule has 0 saturated heterocycles. The number of carbonyl (C=O) groups is 1. The molecule has 4 N–H and O–H groups in total. The lowest BCUT2D eigenvalue weighted by Gasteiger charge is -2.15. The van der Waals surface area contributed by atoms with Gasteiger partial charge < -0.3 is 25.6 Å². The van der Waals surface area contributed by atoms with E-state index >= 15 is 0 Å². The highest BCUT2D eigenvalue weighted by Gasteiger charge is 2.12. The predicted molar refractivity (Wildman–Crippen MR) is 55.4 cm³/mol. The predicted octanol–water partition coefficient (Wildman–Crippen LogP) is -1.92. The maximum atomic E-state index is 11.3. The first kappa shape index (κ1) is 14.3. The molecule has 0 aliphatic rings. The van der Waals surface area contributed by atoms with Crippen molar-refractivity contribution in [2.45, 2.75) is 19.1 Å². The molecule has 15 heavy (non-hydrogen) atoms. The van der Waals surface area contributed by atoms with Crippen LogP contribution >= 0.6 is 0 Å². The monoisotopic (exact) mass is 220 g/mol. The van der Waals surface area contributed by atoms with Gasteiger partial charge in [-0.3, -0.25) is 4.79 Å². The zero-order valence-corrected chi connectivity index (χ0v) is 9.19. The van der Waals surface area contributed by atoms with Crippen LogP contribution in [0.15, 0.2) is 0 Å². The normalized spacial score (nSPS) is 14.7. The number of rotatable bonds is 8. The van der Waals surface area contributed by atoms with Crippen molar-refractivity contribution < 1.29 is 19.7 Å². The van der Waals surface area contributed by atoms with Crippen molar-refractivity contribution in [3.8, 4) is 0 Å². The molecule has 0 bridgehead atoms. The third kappa shape index (κ3) is 7.26. The van der Waals surface area contributed by atoms with Gasteiger partial charge in [-0.2, -0.15) is 0 Å². The third-order valence-corrected chi connectivity index (χ3v) is 1.87. The molecule has 0 heterocycles. The van der Waals surface area contributed by atoms with E-state index in [1.54, 1.807) is 14.0 Å². The van der Waals surface area contributed by atoms with Crippen LogP contribution < -0.4 is 10.6 Å². The van der Waals surface area contributed by atoms with Gasteiger partial charge in [0.25, 0.3) is 0 Å². The zero-order chi connectivity index (χ0) is 11.7. The maximum Gasteiger partial charge on any atom is 0.236 e. The quantitative estimate of drug-likeness (QED) is 0.358. The van der Waals surface area contributed by atoms with E-state index in [-0.39, 0.29) is 19.1 Å². The highest BCUT2D eigenvalue weighted by Crippen LogP contribution is 1.84. The van der Waals surface area contributed by atoms with Crippen molar-refractivity contribution in [2.24, 2.45) is 0 Å². The summed E-state index contributed by atoms with van der Waals surface area (Å²) in [5.74, 6) is -0.155. The molecule has 0 aromatic heterocycles. The molecular weight excluding hydrogens is 200 g/mol. The van der Waals surface area contributed by atoms with Gasteiger partial charge >= 0.3 is 0 Å². The first-order valence-electron chi connectivity index (χ1n) is 4.90. The van der Waals surface area contributed by atoms with E-state index < -0.39 is 12.1 Å². The van der Waals surface area contributed by atoms with Crippen LogP contribution in [-0.4, -0.2) is 61.7 Å². The Morgan fingerprint density at radius 3 is 2.73 bits per heavy atom. The number of carbonyl (C=O) groups excluding carboxylic acids is 1. The number of hydrogen-bond acceptors (Lipinski definition) is 5. The summed E-state index contributed by atoms with van der Waals surface area (Å²) >= 11 is 0. The Bertz CT molecular complexity index is 177. The number of nitrogens with one attached hydrogen (secondary N) is 2. The van der Waals surface area contributed by atoms with Gasteiger partial charge in [-0.15, -0.1) is 0 Å². The standard InChI is InChI=1S/C9H20N2O4/c1-7(11-5-8(13)6-12)9(14)10-3-4-15-2/h7-8,11-13H,3-6H2,1-2H3,(H,10,14). The second kappa shape index (κ2) is 8.60. The van der Waals surface area contributed by atoms with Crippen LogP contribution in [0.2, 0.25) is 0 Å². The lowest BCUT2D eigenvalue weighted by molar-refractivity contribution is -0.123. The Morgan fingerprint density at radius 1 is 1.53 bits per heavy atom. The molecular formula is C9H20N2O4. The lowest BCUT2D eigenvalue weighted by Crippen LogP contribution is -2.46. The summed E-state index contributed by atoms with van der Waals surface area (Å²) in [6, 6.07) is -0.400. The van der Waals surface area contributed by atoms with Crippen LogP contribution in [0, 0.1) is 0 Å². The van der Waals surface area contributed by atoms with E-state index in [1.807, 2.05) is 0 Å². The number of hydrogen-bond donors (Lipinski definition) is 4. The summed E-state index contributed by atoms with van der Waals surface area (Å²) in [4.78, 5) is 11.3. The molecule has 0 fully saturated rings. The molecule has 0 aliphatic carbocycles. The van der Waals surface area contributed by atoms with E-state index in [4.69, 9.17) is 14.9 Å². The topological polar surface area (TPSA) is 90.8 Å². The van der Waals surface area contributed by atoms with Crippen molar-refractivity contribution >= 4 is 5.91 Å². The maximum absolute atomic E-state index is 11.3. The fraction of sp³-hybridized carbons (Fsp3) is 0.889. The molecule has 0 aliphatic heterocycles. The Labute approximate surface area is 89.6 Å². The van der Waals surface area contributed by atoms with E-state index in [1.165, 1.54) is 0 Å². The van der Waals surface area contributed by atoms with Crippen LogP contribution in [0.25, 0.3) is 0 Å². The molecule has 0 aromatic carbocycles. The van der Waals surface area contributed by atoms with E-state index in [2.05, 4.69) is 10.6 Å². The number of ether oxygens (including phenoxy) is 1. The Kier molecular flexibility index (Phi) is 8.21. The number of aliphatic hydroxyl groups excluding tert-OH is 2. The molecule has 90 valence electrons. The molecule has 0 saturated carbocycles. The summed E-state index contributed by atoms with van der Waals surface area (Å²) in [5.41, 5.74) is 0.